The summed E-state index contributed by atoms with van der Waals surface area (Å²) in [6.07, 6.45) is 0. The number of carboxylic acid groups (broad SMARTS) is 1. The second-order valence-corrected chi connectivity index (χ2v) is 10.2. The van der Waals surface area contributed by atoms with E-state index < -0.39 is 35.9 Å². The molecule has 0 unspecified atom stereocenters. The first-order valence-corrected chi connectivity index (χ1v) is 12.9. The lowest BCUT2D eigenvalue weighted by Gasteiger charge is -2.16. The van der Waals surface area contributed by atoms with Crippen LogP contribution in [0.4, 0.5) is 0 Å². The van der Waals surface area contributed by atoms with Gasteiger partial charge in [-0.15, -0.1) is 0 Å². The van der Waals surface area contributed by atoms with Crippen LogP contribution in [0.25, 0.3) is 22.2 Å². The zero-order valence-corrected chi connectivity index (χ0v) is 23.2. The van der Waals surface area contributed by atoms with Crippen molar-refractivity contribution in [3.63, 3.8) is 0 Å². The van der Waals surface area contributed by atoms with Crippen LogP contribution in [0.5, 0.6) is 6.01 Å². The molecule has 0 saturated heterocycles. The lowest BCUT2D eigenvalue weighted by Crippen LogP contribution is -2.24. The van der Waals surface area contributed by atoms with E-state index in [9.17, 15) is 24.3 Å². The fourth-order valence-electron chi connectivity index (χ4n) is 4.17. The van der Waals surface area contributed by atoms with Crippen LogP contribution in [0.15, 0.2) is 66.7 Å². The fraction of sp³-hybridized carbons (Fsp3) is 0.258. The quantitative estimate of drug-likeness (QED) is 0.122. The Hall–Kier alpha value is -4.99. The van der Waals surface area contributed by atoms with Crippen LogP contribution < -0.4 is 4.74 Å². The fourth-order valence-corrected chi connectivity index (χ4v) is 4.17. The van der Waals surface area contributed by atoms with Crippen molar-refractivity contribution in [1.29, 1.82) is 0 Å². The third kappa shape index (κ3) is 6.43. The number of aliphatic carboxylic acids is 1. The zero-order chi connectivity index (χ0) is 29.7. The lowest BCUT2D eigenvalue weighted by atomic mass is 9.96. The van der Waals surface area contributed by atoms with Crippen molar-refractivity contribution in [2.24, 2.45) is 5.41 Å². The van der Waals surface area contributed by atoms with Crippen LogP contribution in [-0.4, -0.2) is 51.7 Å². The van der Waals surface area contributed by atoms with E-state index in [1.54, 1.807) is 73.9 Å². The highest BCUT2D eigenvalue weighted by Gasteiger charge is 2.25. The summed E-state index contributed by atoms with van der Waals surface area (Å²) in [5.74, 6) is -3.68. The monoisotopic (exact) mass is 558 g/mol. The van der Waals surface area contributed by atoms with Crippen molar-refractivity contribution in [1.82, 2.24) is 9.55 Å². The summed E-state index contributed by atoms with van der Waals surface area (Å²) < 4.78 is 17.9. The number of aromatic nitrogens is 2. The Morgan fingerprint density at radius 2 is 1.56 bits per heavy atom. The number of imidazole rings is 1. The summed E-state index contributed by atoms with van der Waals surface area (Å²) in [7, 11) is 0. The maximum atomic E-state index is 13.0. The first kappa shape index (κ1) is 29.0. The molecule has 0 radical (unpaired) electrons. The Morgan fingerprint density at radius 3 is 2.22 bits per heavy atom. The van der Waals surface area contributed by atoms with Crippen LogP contribution in [0.3, 0.4) is 0 Å². The average molecular weight is 559 g/mol. The van der Waals surface area contributed by atoms with E-state index in [1.807, 2.05) is 19.1 Å². The molecule has 41 heavy (non-hydrogen) atoms. The maximum absolute atomic E-state index is 13.0. The van der Waals surface area contributed by atoms with Crippen molar-refractivity contribution in [3.05, 3.63) is 83.4 Å². The van der Waals surface area contributed by atoms with Crippen LogP contribution in [0.2, 0.25) is 0 Å². The van der Waals surface area contributed by atoms with Gasteiger partial charge in [0.15, 0.2) is 0 Å². The van der Waals surface area contributed by atoms with E-state index in [1.165, 1.54) is 6.07 Å². The van der Waals surface area contributed by atoms with Crippen LogP contribution in [0.1, 0.15) is 54.0 Å². The number of nitrogens with zero attached hydrogens (tertiary/aromatic N) is 2. The minimum Gasteiger partial charge on any atom is -0.475 e. The third-order valence-corrected chi connectivity index (χ3v) is 6.19. The number of fused-ring (bicyclic) bond motifs is 1. The van der Waals surface area contributed by atoms with Crippen LogP contribution >= 0.6 is 0 Å². The molecule has 10 nitrogen and oxygen atoms in total. The van der Waals surface area contributed by atoms with Gasteiger partial charge in [-0.2, -0.15) is 4.98 Å². The van der Waals surface area contributed by atoms with Gasteiger partial charge in [-0.05, 0) is 56.5 Å². The minimum absolute atomic E-state index is 0.100. The predicted molar refractivity (Wildman–Crippen MR) is 150 cm³/mol. The number of benzene rings is 3. The molecular formula is C31H30N2O8. The lowest BCUT2D eigenvalue weighted by molar-refractivity contribution is -0.161. The summed E-state index contributed by atoms with van der Waals surface area (Å²) in [5.41, 5.74) is 2.62. The van der Waals surface area contributed by atoms with Gasteiger partial charge in [0, 0.05) is 5.56 Å². The highest BCUT2D eigenvalue weighted by atomic mass is 16.7. The normalized spacial score (nSPS) is 11.2. The molecule has 0 spiro atoms. The van der Waals surface area contributed by atoms with Gasteiger partial charge in [-0.25, -0.2) is 9.59 Å². The summed E-state index contributed by atoms with van der Waals surface area (Å²) in [6.45, 7) is 7.04. The number of esters is 2. The molecule has 0 bridgehead atoms. The molecular weight excluding hydrogens is 528 g/mol. The van der Waals surface area contributed by atoms with Crippen molar-refractivity contribution >= 4 is 34.7 Å². The number of ether oxygens (including phenoxy) is 3. The van der Waals surface area contributed by atoms with Crippen LogP contribution in [-0.2, 0) is 25.6 Å². The van der Waals surface area contributed by atoms with Gasteiger partial charge in [0.2, 0.25) is 6.79 Å². The molecule has 3 aromatic carbocycles. The number of para-hydroxylation sites is 1. The zero-order valence-electron chi connectivity index (χ0n) is 23.2. The number of carbonyl (C=O) groups is 4. The number of rotatable bonds is 10. The summed E-state index contributed by atoms with van der Waals surface area (Å²) in [6, 6.07) is 19.1. The third-order valence-electron chi connectivity index (χ3n) is 6.19. The van der Waals surface area contributed by atoms with Crippen molar-refractivity contribution in [3.8, 4) is 17.1 Å². The largest absolute Gasteiger partial charge is 0.475 e. The first-order chi connectivity index (χ1) is 19.5. The molecule has 4 rings (SSSR count). The highest BCUT2D eigenvalue weighted by Crippen LogP contribution is 2.29. The molecule has 1 N–H and O–H groups in total. The van der Waals surface area contributed by atoms with Gasteiger partial charge in [-0.3, -0.25) is 14.2 Å². The molecule has 212 valence electrons. The number of carbonyl (C=O) groups excluding carboxylic acids is 3. The molecule has 0 saturated carbocycles. The maximum Gasteiger partial charge on any atom is 0.377 e. The molecule has 0 aliphatic heterocycles. The molecule has 0 amide bonds. The van der Waals surface area contributed by atoms with Crippen molar-refractivity contribution in [2.45, 2.75) is 34.2 Å². The second-order valence-electron chi connectivity index (χ2n) is 10.2. The Morgan fingerprint density at radius 1 is 0.878 bits per heavy atom. The Balaban J connectivity index is 1.64. The van der Waals surface area contributed by atoms with Crippen molar-refractivity contribution in [2.75, 3.05) is 13.4 Å². The Bertz CT molecular complexity index is 1610. The van der Waals surface area contributed by atoms with E-state index >= 15 is 0 Å². The molecule has 10 heteroatoms. The van der Waals surface area contributed by atoms with Gasteiger partial charge in [-0.1, -0.05) is 54.6 Å². The molecule has 1 heterocycles. The van der Waals surface area contributed by atoms with Gasteiger partial charge in [0.05, 0.1) is 35.2 Å². The molecule has 0 fully saturated rings. The number of hydrogen-bond acceptors (Lipinski definition) is 8. The van der Waals surface area contributed by atoms with Crippen LogP contribution in [0, 0.1) is 5.41 Å². The summed E-state index contributed by atoms with van der Waals surface area (Å²) in [5, 5.41) is 9.19. The second kappa shape index (κ2) is 12.0. The van der Waals surface area contributed by atoms with Crippen molar-refractivity contribution < 1.29 is 38.5 Å². The van der Waals surface area contributed by atoms with Gasteiger partial charge < -0.3 is 19.3 Å². The molecule has 1 aromatic heterocycles. The summed E-state index contributed by atoms with van der Waals surface area (Å²) in [4.78, 5) is 53.1. The number of ketones is 1. The Labute approximate surface area is 236 Å². The first-order valence-electron chi connectivity index (χ1n) is 12.9. The molecule has 0 atom stereocenters. The SMILES string of the molecule is CCOc1nc2cccc(C(=O)OCOC(=O)C(C)(C)C)c2n1Cc1ccc(-c2ccccc2C(=O)C(=O)O)cc1. The van der Waals surface area contributed by atoms with Gasteiger partial charge in [0.1, 0.15) is 0 Å². The van der Waals surface area contributed by atoms with E-state index in [-0.39, 0.29) is 17.7 Å². The number of hydrogen-bond donors (Lipinski definition) is 1. The average Bonchev–Trinajstić information content (AvgIpc) is 3.29. The Kier molecular flexibility index (Phi) is 8.51. The topological polar surface area (TPSA) is 134 Å². The van der Waals surface area contributed by atoms with E-state index in [4.69, 9.17) is 14.2 Å². The van der Waals surface area contributed by atoms with E-state index in [2.05, 4.69) is 4.98 Å². The van der Waals surface area contributed by atoms with Gasteiger partial charge >= 0.3 is 17.9 Å². The van der Waals surface area contributed by atoms with E-state index in [0.717, 1.165) is 5.56 Å². The number of carboxylic acids is 1. The highest BCUT2D eigenvalue weighted by molar-refractivity contribution is 6.41. The molecule has 4 aromatic rings. The predicted octanol–water partition coefficient (Wildman–Crippen LogP) is 5.12. The van der Waals surface area contributed by atoms with Gasteiger partial charge in [0.25, 0.3) is 11.8 Å². The molecule has 0 aliphatic carbocycles. The number of Topliss-reactive ketones (excluding diaryl/α,β-unsaturated/α-hetero) is 1. The smallest absolute Gasteiger partial charge is 0.377 e. The summed E-state index contributed by atoms with van der Waals surface area (Å²) >= 11 is 0. The minimum atomic E-state index is -1.52. The van der Waals surface area contributed by atoms with E-state index in [0.29, 0.717) is 34.8 Å². The molecule has 0 aliphatic rings. The standard InChI is InChI=1S/C31H30N2O8/c1-5-39-30-32-24-12-8-11-23(28(37)40-18-41-29(38)31(2,3)4)25(24)33(30)17-19-13-15-20(16-14-19)21-9-6-7-10-22(21)26(34)27(35)36/h6-16H,5,17-18H2,1-4H3,(H,35,36).